The number of hydrogen-bond acceptors (Lipinski definition) is 6. The molecule has 1 N–H and O–H groups in total. The van der Waals surface area contributed by atoms with Gasteiger partial charge in [0.1, 0.15) is 11.6 Å². The molecule has 0 radical (unpaired) electrons. The van der Waals surface area contributed by atoms with Crippen molar-refractivity contribution >= 4 is 17.7 Å². The van der Waals surface area contributed by atoms with Crippen molar-refractivity contribution in [3.63, 3.8) is 0 Å². The third-order valence-electron chi connectivity index (χ3n) is 4.89. The van der Waals surface area contributed by atoms with Gasteiger partial charge in [-0.2, -0.15) is 0 Å². The molecule has 28 heavy (non-hydrogen) atoms. The number of aromatic nitrogens is 3. The molecule has 2 aromatic heterocycles. The van der Waals surface area contributed by atoms with Gasteiger partial charge in [-0.3, -0.25) is 4.79 Å². The number of rotatable bonds is 10. The van der Waals surface area contributed by atoms with Crippen molar-refractivity contribution in [1.82, 2.24) is 25.0 Å². The van der Waals surface area contributed by atoms with Gasteiger partial charge in [0.15, 0.2) is 5.16 Å². The van der Waals surface area contributed by atoms with Crippen molar-refractivity contribution in [2.45, 2.75) is 50.4 Å². The summed E-state index contributed by atoms with van der Waals surface area (Å²) in [6.45, 7) is 9.74. The summed E-state index contributed by atoms with van der Waals surface area (Å²) in [6, 6.07) is 3.51. The maximum Gasteiger partial charge on any atom is 0.231 e. The summed E-state index contributed by atoms with van der Waals surface area (Å²) >= 11 is 1.40. The normalized spacial score (nSPS) is 16.0. The third-order valence-corrected chi connectivity index (χ3v) is 5.85. The van der Waals surface area contributed by atoms with E-state index in [1.165, 1.54) is 44.1 Å². The number of likely N-dealkylation sites (tertiary alicyclic amines) is 1. The van der Waals surface area contributed by atoms with E-state index in [0.717, 1.165) is 29.7 Å². The highest BCUT2D eigenvalue weighted by molar-refractivity contribution is 7.99. The average Bonchev–Trinajstić information content (AvgIpc) is 3.37. The Morgan fingerprint density at radius 3 is 2.93 bits per heavy atom. The summed E-state index contributed by atoms with van der Waals surface area (Å²) in [5.41, 5.74) is 0. The minimum atomic E-state index is -0.158. The zero-order valence-electron chi connectivity index (χ0n) is 16.5. The fourth-order valence-corrected chi connectivity index (χ4v) is 4.16. The summed E-state index contributed by atoms with van der Waals surface area (Å²) in [5.74, 6) is 1.93. The van der Waals surface area contributed by atoms with Crippen LogP contribution in [0.1, 0.15) is 43.8 Å². The van der Waals surface area contributed by atoms with Gasteiger partial charge < -0.3 is 19.2 Å². The average molecular weight is 404 g/mol. The molecular formula is C20H29N5O2S. The van der Waals surface area contributed by atoms with Gasteiger partial charge in [-0.05, 0) is 45.0 Å². The predicted octanol–water partition coefficient (Wildman–Crippen LogP) is 3.06. The number of furan rings is 1. The molecule has 0 saturated carbocycles. The molecule has 0 spiro atoms. The van der Waals surface area contributed by atoms with Crippen molar-refractivity contribution in [2.24, 2.45) is 0 Å². The number of thioether (sulfide) groups is 1. The highest BCUT2D eigenvalue weighted by Gasteiger charge is 2.17. The van der Waals surface area contributed by atoms with Crippen LogP contribution in [0.5, 0.6) is 0 Å². The van der Waals surface area contributed by atoms with Crippen LogP contribution >= 0.6 is 11.8 Å². The van der Waals surface area contributed by atoms with Crippen LogP contribution in [0.4, 0.5) is 0 Å². The van der Waals surface area contributed by atoms with Crippen LogP contribution in [0.15, 0.2) is 40.6 Å². The molecule has 0 aliphatic carbocycles. The number of carbonyl (C=O) groups is 1. The number of hydrogen-bond donors (Lipinski definition) is 1. The van der Waals surface area contributed by atoms with Crippen LogP contribution in [0.3, 0.4) is 0 Å². The van der Waals surface area contributed by atoms with Crippen molar-refractivity contribution in [3.8, 4) is 0 Å². The lowest BCUT2D eigenvalue weighted by molar-refractivity contribution is -0.119. The first-order chi connectivity index (χ1) is 13.7. The molecule has 0 unspecified atom stereocenters. The lowest BCUT2D eigenvalue weighted by Gasteiger charge is -2.26. The Kier molecular flexibility index (Phi) is 7.73. The lowest BCUT2D eigenvalue weighted by Crippen LogP contribution is -2.32. The van der Waals surface area contributed by atoms with E-state index in [0.29, 0.717) is 6.54 Å². The quantitative estimate of drug-likeness (QED) is 0.485. The SMILES string of the molecule is C=CCn1c(CCN2CCCCC2)nnc1SCC(=O)N[C@H](C)c1ccco1. The molecule has 1 aliphatic heterocycles. The molecule has 3 rings (SSSR count). The fourth-order valence-electron chi connectivity index (χ4n) is 3.39. The minimum absolute atomic E-state index is 0.0584. The molecule has 1 atom stereocenters. The molecule has 1 saturated heterocycles. The molecule has 2 aromatic rings. The van der Waals surface area contributed by atoms with Gasteiger partial charge in [-0.1, -0.05) is 24.3 Å². The van der Waals surface area contributed by atoms with Gasteiger partial charge in [0, 0.05) is 19.5 Å². The molecular weight excluding hydrogens is 374 g/mol. The number of nitrogens with one attached hydrogen (secondary N) is 1. The van der Waals surface area contributed by atoms with Gasteiger partial charge in [0.25, 0.3) is 0 Å². The highest BCUT2D eigenvalue weighted by atomic mass is 32.2. The fraction of sp³-hybridized carbons (Fsp3) is 0.550. The number of amides is 1. The first-order valence-electron chi connectivity index (χ1n) is 9.88. The Hall–Kier alpha value is -2.06. The predicted molar refractivity (Wildman–Crippen MR) is 110 cm³/mol. The third kappa shape index (κ3) is 5.72. The molecule has 0 aromatic carbocycles. The Labute approximate surface area is 170 Å². The van der Waals surface area contributed by atoms with E-state index in [1.807, 2.05) is 25.1 Å². The van der Waals surface area contributed by atoms with Crippen LogP contribution in [-0.4, -0.2) is 51.0 Å². The minimum Gasteiger partial charge on any atom is -0.467 e. The van der Waals surface area contributed by atoms with Gasteiger partial charge in [0.2, 0.25) is 5.91 Å². The van der Waals surface area contributed by atoms with E-state index in [2.05, 4.69) is 31.6 Å². The van der Waals surface area contributed by atoms with Crippen LogP contribution in [0, 0.1) is 0 Å². The first kappa shape index (κ1) is 20.7. The van der Waals surface area contributed by atoms with E-state index in [-0.39, 0.29) is 17.7 Å². The number of piperidine rings is 1. The summed E-state index contributed by atoms with van der Waals surface area (Å²) < 4.78 is 7.39. The number of carbonyl (C=O) groups excluding carboxylic acids is 1. The Balaban J connectivity index is 1.53. The van der Waals surface area contributed by atoms with Gasteiger partial charge >= 0.3 is 0 Å². The second-order valence-corrected chi connectivity index (χ2v) is 7.99. The van der Waals surface area contributed by atoms with Crippen molar-refractivity contribution < 1.29 is 9.21 Å². The van der Waals surface area contributed by atoms with E-state index >= 15 is 0 Å². The first-order valence-corrected chi connectivity index (χ1v) is 10.9. The van der Waals surface area contributed by atoms with Gasteiger partial charge in [0.05, 0.1) is 18.1 Å². The summed E-state index contributed by atoms with van der Waals surface area (Å²) in [4.78, 5) is 14.8. The standard InChI is InChI=1S/C20H29N5O2S/c1-3-10-25-18(9-13-24-11-5-4-6-12-24)22-23-20(25)28-15-19(26)21-16(2)17-8-7-14-27-17/h3,7-8,14,16H,1,4-6,9-13,15H2,2H3,(H,21,26)/t16-/m1/s1. The Bertz CT molecular complexity index is 753. The van der Waals surface area contributed by atoms with Crippen LogP contribution in [-0.2, 0) is 17.8 Å². The van der Waals surface area contributed by atoms with Gasteiger partial charge in [-0.15, -0.1) is 16.8 Å². The van der Waals surface area contributed by atoms with Crippen LogP contribution in [0.2, 0.25) is 0 Å². The molecule has 8 heteroatoms. The molecule has 3 heterocycles. The van der Waals surface area contributed by atoms with Crippen LogP contribution < -0.4 is 5.32 Å². The topological polar surface area (TPSA) is 76.2 Å². The second kappa shape index (κ2) is 10.5. The number of nitrogens with zero attached hydrogens (tertiary/aromatic N) is 4. The monoisotopic (exact) mass is 403 g/mol. The van der Waals surface area contributed by atoms with Crippen molar-refractivity contribution in [1.29, 1.82) is 0 Å². The maximum atomic E-state index is 12.3. The number of allylic oxidation sites excluding steroid dienone is 1. The Morgan fingerprint density at radius 1 is 1.39 bits per heavy atom. The molecule has 1 fully saturated rings. The zero-order chi connectivity index (χ0) is 19.8. The Morgan fingerprint density at radius 2 is 2.21 bits per heavy atom. The second-order valence-electron chi connectivity index (χ2n) is 7.04. The van der Waals surface area contributed by atoms with E-state index < -0.39 is 0 Å². The van der Waals surface area contributed by atoms with E-state index in [1.54, 1.807) is 6.26 Å². The van der Waals surface area contributed by atoms with Crippen molar-refractivity contribution in [2.75, 3.05) is 25.4 Å². The zero-order valence-corrected chi connectivity index (χ0v) is 17.3. The molecule has 1 aliphatic rings. The smallest absolute Gasteiger partial charge is 0.231 e. The summed E-state index contributed by atoms with van der Waals surface area (Å²) in [6.07, 6.45) is 8.22. The van der Waals surface area contributed by atoms with Gasteiger partial charge in [-0.25, -0.2) is 0 Å². The summed E-state index contributed by atoms with van der Waals surface area (Å²) in [7, 11) is 0. The van der Waals surface area contributed by atoms with Crippen LogP contribution in [0.25, 0.3) is 0 Å². The maximum absolute atomic E-state index is 12.3. The highest BCUT2D eigenvalue weighted by Crippen LogP contribution is 2.19. The van der Waals surface area contributed by atoms with Crippen molar-refractivity contribution in [3.05, 3.63) is 42.6 Å². The largest absolute Gasteiger partial charge is 0.467 e. The van der Waals surface area contributed by atoms with E-state index in [9.17, 15) is 4.79 Å². The molecule has 1 amide bonds. The molecule has 7 nitrogen and oxygen atoms in total. The summed E-state index contributed by atoms with van der Waals surface area (Å²) in [5, 5.41) is 12.4. The molecule has 0 bridgehead atoms. The van der Waals surface area contributed by atoms with E-state index in [4.69, 9.17) is 4.42 Å². The molecule has 152 valence electrons. The lowest BCUT2D eigenvalue weighted by atomic mass is 10.1.